The normalized spacial score (nSPS) is 22.9. The van der Waals surface area contributed by atoms with Crippen LogP contribution in [-0.2, 0) is 23.7 Å². The van der Waals surface area contributed by atoms with E-state index in [4.69, 9.17) is 18.9 Å². The van der Waals surface area contributed by atoms with Crippen molar-refractivity contribution in [2.75, 3.05) is 19.8 Å². The van der Waals surface area contributed by atoms with Gasteiger partial charge >= 0.3 is 0 Å². The molecule has 0 aromatic heterocycles. The molecule has 12 unspecified atom stereocenters. The predicted octanol–water partition coefficient (Wildman–Crippen LogP) is 17.0. The van der Waals surface area contributed by atoms with Crippen LogP contribution in [0.2, 0.25) is 0 Å². The Morgan fingerprint density at radius 1 is 0.387 bits per heavy atom. The van der Waals surface area contributed by atoms with E-state index in [1.165, 1.54) is 238 Å². The Morgan fingerprint density at radius 3 is 1.13 bits per heavy atom. The number of hydrogen-bond donors (Lipinski definition) is 9. The Bertz CT molecular complexity index is 1840. The standard InChI is InChI=1S/C79H143NO13/c1-3-5-7-9-11-13-15-17-19-21-23-25-27-29-31-33-35-36-38-40-42-44-46-48-50-52-54-56-58-60-62-68(83)67(66-90-78-76(89)74(87)77(70(65-82)92-78)93-79-75(88)73(86)72(85)69(64-81)91-79)80-71(84)63-61-59-57-55-53-51-49-47-45-43-41-39-37-34-32-30-28-26-24-22-20-18-16-14-12-10-8-6-4-2/h16,18,22,24,28,30,44,46,52,54,60,62,67-70,72-79,81-83,85-89H,3-15,17,19-21,23,25-27,29,31-43,45,47-51,53,55-59,61,63-66H2,1-2H3,(H,80,84)/b18-16-,24-22-,30-28-,46-44+,54-52+,62-60+. The van der Waals surface area contributed by atoms with Crippen molar-refractivity contribution in [3.05, 3.63) is 72.9 Å². The SMILES string of the molecule is CCCCCCC/C=C\C/C=C\C/C=C\CCCCCCCCCCCCCCCCC(=O)NC(COC1OC(CO)C(OC2OC(CO)C(O)C(O)C2O)C(O)C1O)C(O)/C=C/CC/C=C/CC/C=C/CCCCCCCCCCCCCCCCCCCCCC. The summed E-state index contributed by atoms with van der Waals surface area (Å²) in [6.45, 7) is 2.80. The van der Waals surface area contributed by atoms with Gasteiger partial charge in [0.2, 0.25) is 5.91 Å². The molecule has 2 heterocycles. The van der Waals surface area contributed by atoms with Gasteiger partial charge in [-0.1, -0.05) is 311 Å². The van der Waals surface area contributed by atoms with Crippen molar-refractivity contribution in [2.24, 2.45) is 0 Å². The largest absolute Gasteiger partial charge is 0.394 e. The molecule has 2 rings (SSSR count). The minimum absolute atomic E-state index is 0.252. The third kappa shape index (κ3) is 46.4. The molecule has 542 valence electrons. The molecule has 0 aromatic carbocycles. The Balaban J connectivity index is 1.67. The fraction of sp³-hybridized carbons (Fsp3) is 0.835. The number of nitrogens with one attached hydrogen (secondary N) is 1. The van der Waals surface area contributed by atoms with Crippen molar-refractivity contribution >= 4 is 5.91 Å². The van der Waals surface area contributed by atoms with Crippen LogP contribution >= 0.6 is 0 Å². The molecule has 0 radical (unpaired) electrons. The van der Waals surface area contributed by atoms with E-state index in [9.17, 15) is 45.6 Å². The van der Waals surface area contributed by atoms with E-state index < -0.39 is 86.8 Å². The van der Waals surface area contributed by atoms with Crippen LogP contribution in [0.4, 0.5) is 0 Å². The van der Waals surface area contributed by atoms with Crippen LogP contribution in [0.15, 0.2) is 72.9 Å². The monoisotopic (exact) mass is 1310 g/mol. The van der Waals surface area contributed by atoms with Gasteiger partial charge in [0, 0.05) is 6.42 Å². The van der Waals surface area contributed by atoms with Gasteiger partial charge in [-0.05, 0) is 83.5 Å². The summed E-state index contributed by atoms with van der Waals surface area (Å²) >= 11 is 0. The van der Waals surface area contributed by atoms with Gasteiger partial charge in [-0.3, -0.25) is 4.79 Å². The first-order valence-electron chi connectivity index (χ1n) is 38.7. The average Bonchev–Trinajstić information content (AvgIpc) is 0.854. The lowest BCUT2D eigenvalue weighted by Crippen LogP contribution is -2.65. The minimum atomic E-state index is -1.80. The first kappa shape index (κ1) is 86.5. The lowest BCUT2D eigenvalue weighted by atomic mass is 9.97. The summed E-state index contributed by atoms with van der Waals surface area (Å²) in [5, 5.41) is 87.6. The topological polar surface area (TPSA) is 228 Å². The van der Waals surface area contributed by atoms with Crippen LogP contribution in [0.1, 0.15) is 328 Å². The Morgan fingerprint density at radius 2 is 0.720 bits per heavy atom. The molecule has 14 nitrogen and oxygen atoms in total. The van der Waals surface area contributed by atoms with Crippen molar-refractivity contribution in [1.82, 2.24) is 5.32 Å². The maximum absolute atomic E-state index is 13.4. The fourth-order valence-electron chi connectivity index (χ4n) is 12.5. The Hall–Kier alpha value is -2.57. The molecule has 12 atom stereocenters. The van der Waals surface area contributed by atoms with Crippen molar-refractivity contribution in [1.29, 1.82) is 0 Å². The lowest BCUT2D eigenvalue weighted by Gasteiger charge is -2.46. The van der Waals surface area contributed by atoms with Gasteiger partial charge in [0.05, 0.1) is 32.0 Å². The number of ether oxygens (including phenoxy) is 4. The van der Waals surface area contributed by atoms with Gasteiger partial charge in [0.25, 0.3) is 0 Å². The third-order valence-electron chi connectivity index (χ3n) is 18.6. The van der Waals surface area contributed by atoms with Gasteiger partial charge in [-0.15, -0.1) is 0 Å². The first-order valence-corrected chi connectivity index (χ1v) is 38.7. The molecule has 9 N–H and O–H groups in total. The second kappa shape index (κ2) is 62.9. The van der Waals surface area contributed by atoms with Crippen molar-refractivity contribution < 1.29 is 64.6 Å². The molecule has 0 bridgehead atoms. The molecule has 14 heteroatoms. The summed E-state index contributed by atoms with van der Waals surface area (Å²) in [6.07, 6.45) is 69.7. The maximum Gasteiger partial charge on any atom is 0.220 e. The number of carbonyl (C=O) groups excluding carboxylic acids is 1. The van der Waals surface area contributed by atoms with Gasteiger partial charge in [-0.25, -0.2) is 0 Å². The number of allylic oxidation sites excluding steroid dienone is 11. The van der Waals surface area contributed by atoms with Crippen LogP contribution in [0.3, 0.4) is 0 Å². The number of aliphatic hydroxyl groups is 8. The molecule has 93 heavy (non-hydrogen) atoms. The molecule has 2 saturated heterocycles. The molecule has 1 amide bonds. The molecule has 0 aromatic rings. The van der Waals surface area contributed by atoms with Gasteiger partial charge < -0.3 is 65.1 Å². The fourth-order valence-corrected chi connectivity index (χ4v) is 12.5. The number of amides is 1. The predicted molar refractivity (Wildman–Crippen MR) is 383 cm³/mol. The van der Waals surface area contributed by atoms with Gasteiger partial charge in [-0.2, -0.15) is 0 Å². The highest BCUT2D eigenvalue weighted by molar-refractivity contribution is 5.76. The summed E-state index contributed by atoms with van der Waals surface area (Å²) in [5.41, 5.74) is 0. The summed E-state index contributed by atoms with van der Waals surface area (Å²) in [4.78, 5) is 13.4. The zero-order valence-corrected chi connectivity index (χ0v) is 59.2. The van der Waals surface area contributed by atoms with E-state index >= 15 is 0 Å². The van der Waals surface area contributed by atoms with E-state index in [2.05, 4.69) is 79.9 Å². The number of rotatable bonds is 64. The van der Waals surface area contributed by atoms with E-state index in [-0.39, 0.29) is 18.9 Å². The molecule has 0 aliphatic carbocycles. The van der Waals surface area contributed by atoms with E-state index in [1.807, 2.05) is 6.08 Å². The summed E-state index contributed by atoms with van der Waals surface area (Å²) in [7, 11) is 0. The smallest absolute Gasteiger partial charge is 0.220 e. The molecule has 2 aliphatic heterocycles. The highest BCUT2D eigenvalue weighted by Gasteiger charge is 2.51. The number of unbranched alkanes of at least 4 members (excludes halogenated alkanes) is 41. The average molecular weight is 1320 g/mol. The van der Waals surface area contributed by atoms with E-state index in [0.29, 0.717) is 12.8 Å². The molecular formula is C79H143NO13. The second-order valence-corrected chi connectivity index (χ2v) is 27.1. The highest BCUT2D eigenvalue weighted by atomic mass is 16.7. The van der Waals surface area contributed by atoms with Crippen LogP contribution in [0.25, 0.3) is 0 Å². The first-order chi connectivity index (χ1) is 45.6. The van der Waals surface area contributed by atoms with Crippen LogP contribution in [0.5, 0.6) is 0 Å². The van der Waals surface area contributed by atoms with Crippen molar-refractivity contribution in [3.63, 3.8) is 0 Å². The quantitative estimate of drug-likeness (QED) is 0.0204. The minimum Gasteiger partial charge on any atom is -0.394 e. The number of aliphatic hydroxyl groups excluding tert-OH is 8. The molecular weight excluding hydrogens is 1170 g/mol. The van der Waals surface area contributed by atoms with Crippen molar-refractivity contribution in [3.8, 4) is 0 Å². The zero-order chi connectivity index (χ0) is 67.3. The Labute approximate surface area is 568 Å². The van der Waals surface area contributed by atoms with Gasteiger partial charge in [0.1, 0.15) is 48.8 Å². The molecule has 0 saturated carbocycles. The zero-order valence-electron chi connectivity index (χ0n) is 59.2. The van der Waals surface area contributed by atoms with Crippen molar-refractivity contribution in [2.45, 2.75) is 402 Å². The summed E-state index contributed by atoms with van der Waals surface area (Å²) in [6, 6.07) is -0.944. The summed E-state index contributed by atoms with van der Waals surface area (Å²) < 4.78 is 22.9. The van der Waals surface area contributed by atoms with E-state index in [1.54, 1.807) is 6.08 Å². The maximum atomic E-state index is 13.4. The number of carbonyl (C=O) groups is 1. The molecule has 2 aliphatic rings. The lowest BCUT2D eigenvalue weighted by molar-refractivity contribution is -0.359. The van der Waals surface area contributed by atoms with Crippen LogP contribution < -0.4 is 5.32 Å². The van der Waals surface area contributed by atoms with Crippen LogP contribution in [0, 0.1) is 0 Å². The van der Waals surface area contributed by atoms with Gasteiger partial charge in [0.15, 0.2) is 12.6 Å². The second-order valence-electron chi connectivity index (χ2n) is 27.1. The third-order valence-corrected chi connectivity index (χ3v) is 18.6. The number of hydrogen-bond acceptors (Lipinski definition) is 13. The summed E-state index contributed by atoms with van der Waals surface area (Å²) in [5.74, 6) is -0.252. The highest BCUT2D eigenvalue weighted by Crippen LogP contribution is 2.30. The molecule has 2 fully saturated rings. The molecule has 0 spiro atoms. The van der Waals surface area contributed by atoms with Crippen LogP contribution in [-0.4, -0.2) is 140 Å². The van der Waals surface area contributed by atoms with E-state index in [0.717, 1.165) is 57.8 Å². The Kier molecular flexibility index (Phi) is 58.5.